The smallest absolute Gasteiger partial charge is 0.277 e. The Hall–Kier alpha value is -3.60. The first kappa shape index (κ1) is 19.7. The van der Waals surface area contributed by atoms with Crippen molar-refractivity contribution in [1.82, 2.24) is 14.6 Å². The first-order chi connectivity index (χ1) is 14.4. The molecule has 2 aliphatic rings. The molecule has 2 aromatic heterocycles. The molecule has 0 spiro atoms. The summed E-state index contributed by atoms with van der Waals surface area (Å²) in [5.41, 5.74) is -1.37. The molecule has 4 heterocycles. The van der Waals surface area contributed by atoms with Gasteiger partial charge in [0.05, 0.1) is 13.2 Å². The Morgan fingerprint density at radius 3 is 2.93 bits per heavy atom. The normalized spacial score (nSPS) is 15.5. The fourth-order valence-electron chi connectivity index (χ4n) is 3.51. The number of aromatic hydroxyl groups is 1. The van der Waals surface area contributed by atoms with Crippen LogP contribution in [0.5, 0.6) is 11.5 Å². The summed E-state index contributed by atoms with van der Waals surface area (Å²) >= 11 is 0. The van der Waals surface area contributed by atoms with E-state index in [0.29, 0.717) is 24.7 Å². The Kier molecular flexibility index (Phi) is 5.04. The van der Waals surface area contributed by atoms with E-state index in [1.807, 2.05) is 0 Å². The molecule has 0 atom stereocenters. The minimum Gasteiger partial charge on any atom is -0.502 e. The zero-order valence-corrected chi connectivity index (χ0v) is 16.6. The maximum absolute atomic E-state index is 13.2. The highest BCUT2D eigenvalue weighted by molar-refractivity contribution is 6.07. The van der Waals surface area contributed by atoms with Crippen LogP contribution < -0.4 is 20.1 Å². The molecule has 0 saturated carbocycles. The minimum atomic E-state index is -0.912. The van der Waals surface area contributed by atoms with Crippen molar-refractivity contribution in [2.24, 2.45) is 0 Å². The van der Waals surface area contributed by atoms with Crippen LogP contribution in [0.25, 0.3) is 0 Å². The summed E-state index contributed by atoms with van der Waals surface area (Å²) < 4.78 is 11.8. The average molecular weight is 415 g/mol. The van der Waals surface area contributed by atoms with E-state index >= 15 is 0 Å². The SMILES string of the molecule is COCCN1CN(C)n2cc(C(=O)N3CCOc4cccnc43)c(=O)c(O)c2C1=O. The third-order valence-electron chi connectivity index (χ3n) is 5.02. The number of pyridine rings is 2. The number of fused-ring (bicyclic) bond motifs is 2. The number of ether oxygens (including phenoxy) is 2. The zero-order chi connectivity index (χ0) is 21.4. The van der Waals surface area contributed by atoms with Crippen LogP contribution in [0.4, 0.5) is 5.82 Å². The van der Waals surface area contributed by atoms with Gasteiger partial charge in [-0.1, -0.05) is 0 Å². The van der Waals surface area contributed by atoms with E-state index < -0.39 is 23.0 Å². The summed E-state index contributed by atoms with van der Waals surface area (Å²) in [5.74, 6) is -1.19. The number of rotatable bonds is 4. The molecule has 11 nitrogen and oxygen atoms in total. The van der Waals surface area contributed by atoms with Gasteiger partial charge in [-0.3, -0.25) is 29.0 Å². The second-order valence-electron chi connectivity index (χ2n) is 6.90. The molecular formula is C19H21N5O6. The first-order valence-corrected chi connectivity index (χ1v) is 9.32. The Bertz CT molecular complexity index is 1070. The van der Waals surface area contributed by atoms with Gasteiger partial charge in [-0.2, -0.15) is 0 Å². The van der Waals surface area contributed by atoms with Gasteiger partial charge >= 0.3 is 0 Å². The topological polar surface area (TPSA) is 117 Å². The van der Waals surface area contributed by atoms with Gasteiger partial charge < -0.3 is 19.5 Å². The number of carbonyl (C=O) groups is 2. The standard InChI is InChI=1S/C19H21N5O6/c1-21-11-22(6-8-29-2)19(28)14-16(26)15(25)12(10-24(14)21)18(27)23-7-9-30-13-4-3-5-20-17(13)23/h3-5,10,26H,6-9,11H2,1-2H3. The summed E-state index contributed by atoms with van der Waals surface area (Å²) in [5, 5.41) is 12.2. The van der Waals surface area contributed by atoms with Crippen LogP contribution in [0.15, 0.2) is 29.3 Å². The van der Waals surface area contributed by atoms with Crippen LogP contribution in [0.1, 0.15) is 20.8 Å². The van der Waals surface area contributed by atoms with E-state index in [4.69, 9.17) is 9.47 Å². The Morgan fingerprint density at radius 1 is 1.37 bits per heavy atom. The van der Waals surface area contributed by atoms with Crippen molar-refractivity contribution in [3.63, 3.8) is 0 Å². The fraction of sp³-hybridized carbons (Fsp3) is 0.368. The lowest BCUT2D eigenvalue weighted by atomic mass is 10.1. The van der Waals surface area contributed by atoms with E-state index in [0.717, 1.165) is 0 Å². The van der Waals surface area contributed by atoms with Crippen LogP contribution in [-0.4, -0.2) is 78.6 Å². The number of carbonyl (C=O) groups excluding carboxylic acids is 2. The molecule has 2 aliphatic heterocycles. The molecular weight excluding hydrogens is 394 g/mol. The third kappa shape index (κ3) is 3.12. The van der Waals surface area contributed by atoms with Crippen molar-refractivity contribution in [2.45, 2.75) is 0 Å². The van der Waals surface area contributed by atoms with Crippen molar-refractivity contribution < 1.29 is 24.2 Å². The van der Waals surface area contributed by atoms with Crippen LogP contribution >= 0.6 is 0 Å². The maximum atomic E-state index is 13.2. The molecule has 4 rings (SSSR count). The van der Waals surface area contributed by atoms with Gasteiger partial charge in [0, 0.05) is 33.1 Å². The maximum Gasteiger partial charge on any atom is 0.277 e. The first-order valence-electron chi connectivity index (χ1n) is 9.32. The van der Waals surface area contributed by atoms with Gasteiger partial charge in [-0.05, 0) is 12.1 Å². The lowest BCUT2D eigenvalue weighted by Crippen LogP contribution is -2.53. The molecule has 0 fully saturated rings. The highest BCUT2D eigenvalue weighted by atomic mass is 16.5. The Morgan fingerprint density at radius 2 is 2.17 bits per heavy atom. The van der Waals surface area contributed by atoms with Gasteiger partial charge in [0.2, 0.25) is 5.43 Å². The quantitative estimate of drug-likeness (QED) is 0.718. The summed E-state index contributed by atoms with van der Waals surface area (Å²) in [6.07, 6.45) is 2.80. The van der Waals surface area contributed by atoms with Gasteiger partial charge in [0.1, 0.15) is 18.8 Å². The molecule has 0 aromatic carbocycles. The zero-order valence-electron chi connectivity index (χ0n) is 16.6. The predicted octanol–water partition coefficient (Wildman–Crippen LogP) is -0.384. The van der Waals surface area contributed by atoms with Crippen LogP contribution in [0, 0.1) is 0 Å². The van der Waals surface area contributed by atoms with Crippen LogP contribution in [0.2, 0.25) is 0 Å². The molecule has 2 aromatic rings. The summed E-state index contributed by atoms with van der Waals surface area (Å²) in [4.78, 5) is 45.8. The predicted molar refractivity (Wildman–Crippen MR) is 106 cm³/mol. The van der Waals surface area contributed by atoms with Crippen LogP contribution in [-0.2, 0) is 4.74 Å². The molecule has 2 amide bonds. The molecule has 1 N–H and O–H groups in total. The third-order valence-corrected chi connectivity index (χ3v) is 5.02. The number of amides is 2. The number of hydrogen-bond acceptors (Lipinski definition) is 8. The number of hydrogen-bond donors (Lipinski definition) is 1. The van der Waals surface area contributed by atoms with E-state index in [1.165, 1.54) is 34.0 Å². The molecule has 0 bridgehead atoms. The average Bonchev–Trinajstić information content (AvgIpc) is 2.76. The van der Waals surface area contributed by atoms with Crippen molar-refractivity contribution >= 4 is 17.6 Å². The van der Waals surface area contributed by atoms with Crippen molar-refractivity contribution in [2.75, 3.05) is 57.0 Å². The molecule has 0 unspecified atom stereocenters. The molecule has 0 aliphatic carbocycles. The highest BCUT2D eigenvalue weighted by Gasteiger charge is 2.35. The van der Waals surface area contributed by atoms with Gasteiger partial charge in [0.15, 0.2) is 23.0 Å². The lowest BCUT2D eigenvalue weighted by molar-refractivity contribution is 0.0629. The molecule has 0 saturated heterocycles. The van der Waals surface area contributed by atoms with Gasteiger partial charge in [-0.15, -0.1) is 0 Å². The van der Waals surface area contributed by atoms with Crippen molar-refractivity contribution in [1.29, 1.82) is 0 Å². The summed E-state index contributed by atoms with van der Waals surface area (Å²) in [6.45, 7) is 1.25. The number of anilines is 1. The monoisotopic (exact) mass is 415 g/mol. The minimum absolute atomic E-state index is 0.193. The molecule has 158 valence electrons. The van der Waals surface area contributed by atoms with E-state index in [9.17, 15) is 19.5 Å². The Balaban J connectivity index is 1.75. The second kappa shape index (κ2) is 7.67. The summed E-state index contributed by atoms with van der Waals surface area (Å²) in [7, 11) is 3.20. The molecule has 11 heteroatoms. The van der Waals surface area contributed by atoms with Crippen molar-refractivity contribution in [3.05, 3.63) is 46.0 Å². The highest BCUT2D eigenvalue weighted by Crippen LogP contribution is 2.30. The number of aromatic nitrogens is 2. The number of nitrogens with zero attached hydrogens (tertiary/aromatic N) is 5. The van der Waals surface area contributed by atoms with Crippen molar-refractivity contribution in [3.8, 4) is 11.5 Å². The van der Waals surface area contributed by atoms with Gasteiger partial charge in [0.25, 0.3) is 11.8 Å². The fourth-order valence-corrected chi connectivity index (χ4v) is 3.51. The molecule has 0 radical (unpaired) electrons. The van der Waals surface area contributed by atoms with Gasteiger partial charge in [-0.25, -0.2) is 4.98 Å². The Labute approximate surface area is 171 Å². The van der Waals surface area contributed by atoms with E-state index in [1.54, 1.807) is 24.2 Å². The van der Waals surface area contributed by atoms with Crippen LogP contribution in [0.3, 0.4) is 0 Å². The second-order valence-corrected chi connectivity index (χ2v) is 6.90. The summed E-state index contributed by atoms with van der Waals surface area (Å²) in [6, 6.07) is 3.36. The molecule has 30 heavy (non-hydrogen) atoms. The number of methoxy groups -OCH3 is 1. The van der Waals surface area contributed by atoms with E-state index in [-0.39, 0.29) is 31.1 Å². The largest absolute Gasteiger partial charge is 0.502 e. The van der Waals surface area contributed by atoms with E-state index in [2.05, 4.69) is 4.98 Å². The lowest BCUT2D eigenvalue weighted by Gasteiger charge is -2.37.